The molecule has 0 aromatic heterocycles. The molecule has 1 aromatic rings. The number of carboxylic acid groups (broad SMARTS) is 1. The van der Waals surface area contributed by atoms with Gasteiger partial charge in [-0.3, -0.25) is 4.79 Å². The number of phenols is 1. The minimum atomic E-state index is -1.02. The SMILES string of the molecule is COCC1(C(=O)O)CCN(C(=O)NCCc2cccc(O)c2)C1. The Hall–Kier alpha value is -2.28. The lowest BCUT2D eigenvalue weighted by Gasteiger charge is -2.24. The molecule has 0 bridgehead atoms. The third kappa shape index (κ3) is 4.13. The van der Waals surface area contributed by atoms with Crippen LogP contribution in [-0.4, -0.2) is 60.5 Å². The first kappa shape index (κ1) is 17.1. The van der Waals surface area contributed by atoms with Gasteiger partial charge in [-0.1, -0.05) is 12.1 Å². The van der Waals surface area contributed by atoms with E-state index in [1.165, 1.54) is 12.0 Å². The molecule has 0 radical (unpaired) electrons. The fourth-order valence-corrected chi connectivity index (χ4v) is 2.81. The molecule has 1 aliphatic rings. The van der Waals surface area contributed by atoms with E-state index in [1.54, 1.807) is 18.2 Å². The molecular weight excluding hydrogens is 300 g/mol. The number of carbonyl (C=O) groups excluding carboxylic acids is 1. The largest absolute Gasteiger partial charge is 0.508 e. The fraction of sp³-hybridized carbons (Fsp3) is 0.500. The van der Waals surface area contributed by atoms with Gasteiger partial charge in [-0.15, -0.1) is 0 Å². The third-order valence-electron chi connectivity index (χ3n) is 4.12. The second-order valence-corrected chi connectivity index (χ2v) is 5.84. The van der Waals surface area contributed by atoms with Gasteiger partial charge < -0.3 is 25.2 Å². The van der Waals surface area contributed by atoms with E-state index in [-0.39, 0.29) is 24.9 Å². The number of carbonyl (C=O) groups is 2. The number of carboxylic acids is 1. The number of hydrogen-bond acceptors (Lipinski definition) is 4. The molecule has 3 N–H and O–H groups in total. The van der Waals surface area contributed by atoms with E-state index in [9.17, 15) is 19.8 Å². The zero-order chi connectivity index (χ0) is 16.9. The lowest BCUT2D eigenvalue weighted by atomic mass is 9.88. The highest BCUT2D eigenvalue weighted by Crippen LogP contribution is 2.31. The Morgan fingerprint density at radius 2 is 2.22 bits per heavy atom. The molecule has 1 fully saturated rings. The van der Waals surface area contributed by atoms with Crippen molar-refractivity contribution in [2.24, 2.45) is 5.41 Å². The van der Waals surface area contributed by atoms with E-state index in [2.05, 4.69) is 5.32 Å². The smallest absolute Gasteiger partial charge is 0.317 e. The van der Waals surface area contributed by atoms with Gasteiger partial charge in [-0.05, 0) is 30.5 Å². The highest BCUT2D eigenvalue weighted by atomic mass is 16.5. The van der Waals surface area contributed by atoms with Crippen LogP contribution in [0.15, 0.2) is 24.3 Å². The van der Waals surface area contributed by atoms with Crippen LogP contribution in [0.3, 0.4) is 0 Å². The summed E-state index contributed by atoms with van der Waals surface area (Å²) in [4.78, 5) is 25.1. The topological polar surface area (TPSA) is 99.1 Å². The first-order valence-electron chi connectivity index (χ1n) is 7.50. The van der Waals surface area contributed by atoms with Gasteiger partial charge in [0.15, 0.2) is 0 Å². The molecule has 1 heterocycles. The highest BCUT2D eigenvalue weighted by Gasteiger charge is 2.46. The van der Waals surface area contributed by atoms with Crippen molar-refractivity contribution in [2.75, 3.05) is 33.4 Å². The second-order valence-electron chi connectivity index (χ2n) is 5.84. The molecule has 2 amide bonds. The van der Waals surface area contributed by atoms with E-state index in [1.807, 2.05) is 6.07 Å². The fourth-order valence-electron chi connectivity index (χ4n) is 2.81. The monoisotopic (exact) mass is 322 g/mol. The number of likely N-dealkylation sites (tertiary alicyclic amines) is 1. The van der Waals surface area contributed by atoms with Crippen LogP contribution in [0, 0.1) is 5.41 Å². The molecule has 1 atom stereocenters. The van der Waals surface area contributed by atoms with Crippen LogP contribution in [0.2, 0.25) is 0 Å². The summed E-state index contributed by atoms with van der Waals surface area (Å²) in [5, 5.41) is 21.6. The summed E-state index contributed by atoms with van der Waals surface area (Å²) in [6.07, 6.45) is 0.978. The van der Waals surface area contributed by atoms with Crippen molar-refractivity contribution in [1.82, 2.24) is 10.2 Å². The molecule has 0 spiro atoms. The molecule has 1 aromatic carbocycles. The van der Waals surface area contributed by atoms with E-state index in [0.29, 0.717) is 25.9 Å². The van der Waals surface area contributed by atoms with Gasteiger partial charge in [0.05, 0.1) is 6.61 Å². The van der Waals surface area contributed by atoms with Crippen molar-refractivity contribution in [1.29, 1.82) is 0 Å². The zero-order valence-electron chi connectivity index (χ0n) is 13.1. The predicted molar refractivity (Wildman–Crippen MR) is 83.3 cm³/mol. The van der Waals surface area contributed by atoms with Gasteiger partial charge in [-0.2, -0.15) is 0 Å². The Kier molecular flexibility index (Phi) is 5.44. The molecule has 7 heteroatoms. The molecule has 1 aliphatic heterocycles. The van der Waals surface area contributed by atoms with E-state index >= 15 is 0 Å². The number of amides is 2. The summed E-state index contributed by atoms with van der Waals surface area (Å²) in [6.45, 7) is 1.06. The van der Waals surface area contributed by atoms with Crippen LogP contribution in [0.1, 0.15) is 12.0 Å². The summed E-state index contributed by atoms with van der Waals surface area (Å²) < 4.78 is 5.01. The summed E-state index contributed by atoms with van der Waals surface area (Å²) >= 11 is 0. The number of methoxy groups -OCH3 is 1. The van der Waals surface area contributed by atoms with Gasteiger partial charge in [0, 0.05) is 26.7 Å². The van der Waals surface area contributed by atoms with Gasteiger partial charge in [-0.25, -0.2) is 4.79 Å². The molecule has 0 aliphatic carbocycles. The molecule has 0 saturated carbocycles. The first-order valence-corrected chi connectivity index (χ1v) is 7.50. The van der Waals surface area contributed by atoms with E-state index in [0.717, 1.165) is 5.56 Å². The number of aromatic hydroxyl groups is 1. The Morgan fingerprint density at radius 3 is 2.87 bits per heavy atom. The van der Waals surface area contributed by atoms with Crippen molar-refractivity contribution in [3.8, 4) is 5.75 Å². The van der Waals surface area contributed by atoms with Crippen LogP contribution in [0.5, 0.6) is 5.75 Å². The Balaban J connectivity index is 1.84. The second kappa shape index (κ2) is 7.32. The Bertz CT molecular complexity index is 577. The van der Waals surface area contributed by atoms with Gasteiger partial charge >= 0.3 is 12.0 Å². The summed E-state index contributed by atoms with van der Waals surface area (Å²) in [5.41, 5.74) is -0.0943. The molecule has 126 valence electrons. The third-order valence-corrected chi connectivity index (χ3v) is 4.12. The van der Waals surface area contributed by atoms with Gasteiger partial charge in [0.2, 0.25) is 0 Å². The number of aliphatic carboxylic acids is 1. The van der Waals surface area contributed by atoms with Crippen molar-refractivity contribution < 1.29 is 24.5 Å². The number of urea groups is 1. The van der Waals surface area contributed by atoms with Gasteiger partial charge in [0.25, 0.3) is 0 Å². The molecular formula is C16H22N2O5. The number of rotatable bonds is 6. The summed E-state index contributed by atoms with van der Waals surface area (Å²) in [6, 6.07) is 6.59. The quantitative estimate of drug-likeness (QED) is 0.727. The van der Waals surface area contributed by atoms with Crippen molar-refractivity contribution in [3.63, 3.8) is 0 Å². The first-order chi connectivity index (χ1) is 11.0. The van der Waals surface area contributed by atoms with E-state index < -0.39 is 11.4 Å². The van der Waals surface area contributed by atoms with Crippen LogP contribution in [0.4, 0.5) is 4.79 Å². The maximum atomic E-state index is 12.1. The van der Waals surface area contributed by atoms with E-state index in [4.69, 9.17) is 4.74 Å². The highest BCUT2D eigenvalue weighted by molar-refractivity contribution is 5.79. The normalized spacial score (nSPS) is 20.5. The summed E-state index contributed by atoms with van der Waals surface area (Å²) in [5.74, 6) is -0.742. The average Bonchev–Trinajstić information content (AvgIpc) is 2.93. The van der Waals surface area contributed by atoms with Crippen LogP contribution < -0.4 is 5.32 Å². The minimum absolute atomic E-state index is 0.0927. The maximum absolute atomic E-state index is 12.1. The minimum Gasteiger partial charge on any atom is -0.508 e. The average molecular weight is 322 g/mol. The molecule has 1 saturated heterocycles. The number of benzene rings is 1. The standard InChI is InChI=1S/C16H22N2O5/c1-23-11-16(14(20)21)6-8-18(10-16)15(22)17-7-5-12-3-2-4-13(19)9-12/h2-4,9,19H,5-8,10-11H2,1H3,(H,17,22)(H,20,21). The molecule has 23 heavy (non-hydrogen) atoms. The maximum Gasteiger partial charge on any atom is 0.317 e. The van der Waals surface area contributed by atoms with Gasteiger partial charge in [0.1, 0.15) is 11.2 Å². The number of nitrogens with zero attached hydrogens (tertiary/aromatic N) is 1. The molecule has 7 nitrogen and oxygen atoms in total. The number of hydrogen-bond donors (Lipinski definition) is 3. The number of ether oxygens (including phenoxy) is 1. The summed E-state index contributed by atoms with van der Waals surface area (Å²) in [7, 11) is 1.46. The lowest BCUT2D eigenvalue weighted by Crippen LogP contribution is -2.43. The van der Waals surface area contributed by atoms with Crippen LogP contribution >= 0.6 is 0 Å². The number of phenolic OH excluding ortho intramolecular Hbond substituents is 1. The predicted octanol–water partition coefficient (Wildman–Crippen LogP) is 1.07. The molecule has 2 rings (SSSR count). The lowest BCUT2D eigenvalue weighted by molar-refractivity contribution is -0.151. The van der Waals surface area contributed by atoms with Crippen LogP contribution in [-0.2, 0) is 16.0 Å². The zero-order valence-corrected chi connectivity index (χ0v) is 13.1. The van der Waals surface area contributed by atoms with Crippen molar-refractivity contribution in [2.45, 2.75) is 12.8 Å². The Labute approximate surface area is 134 Å². The van der Waals surface area contributed by atoms with Crippen molar-refractivity contribution >= 4 is 12.0 Å². The molecule has 1 unspecified atom stereocenters. The number of nitrogens with one attached hydrogen (secondary N) is 1. The van der Waals surface area contributed by atoms with Crippen LogP contribution in [0.25, 0.3) is 0 Å². The Morgan fingerprint density at radius 1 is 1.43 bits per heavy atom. The van der Waals surface area contributed by atoms with Crippen molar-refractivity contribution in [3.05, 3.63) is 29.8 Å².